The van der Waals surface area contributed by atoms with Crippen LogP contribution in [-0.4, -0.2) is 26.0 Å². The molecule has 5 nitrogen and oxygen atoms in total. The number of carboxylic acids is 1. The molecule has 0 amide bonds. The molecule has 5 heteroatoms. The lowest BCUT2D eigenvalue weighted by molar-refractivity contribution is 0.0692. The lowest BCUT2D eigenvalue weighted by atomic mass is 10.2. The third-order valence-corrected chi connectivity index (χ3v) is 2.52. The Hall–Kier alpha value is -2.14. The molecule has 17 heavy (non-hydrogen) atoms. The van der Waals surface area contributed by atoms with Gasteiger partial charge in [-0.15, -0.1) is 0 Å². The Morgan fingerprint density at radius 1 is 1.35 bits per heavy atom. The number of hydrogen-bond acceptors (Lipinski definition) is 3. The van der Waals surface area contributed by atoms with Crippen molar-refractivity contribution in [1.29, 1.82) is 0 Å². The summed E-state index contributed by atoms with van der Waals surface area (Å²) in [4.78, 5) is 11.1. The summed E-state index contributed by atoms with van der Waals surface area (Å²) in [6, 6.07) is 9.12. The molecule has 0 aliphatic rings. The highest BCUT2D eigenvalue weighted by Crippen LogP contribution is 2.18. The first-order valence-electron chi connectivity index (χ1n) is 5.13. The number of carboxylic acid groups (broad SMARTS) is 1. The minimum Gasteiger partial charge on any atom is -0.478 e. The first-order chi connectivity index (χ1) is 8.15. The molecule has 1 aromatic heterocycles. The normalized spacial score (nSPS) is 10.5. The molecule has 88 valence electrons. The molecule has 1 aromatic carbocycles. The monoisotopic (exact) mass is 232 g/mol. The number of aryl methyl sites for hydroxylation is 1. The quantitative estimate of drug-likeness (QED) is 0.838. The van der Waals surface area contributed by atoms with Crippen LogP contribution in [0.2, 0.25) is 0 Å². The fraction of sp³-hybridized carbons (Fsp3) is 0.167. The number of para-hydroxylation sites is 1. The van der Waals surface area contributed by atoms with Gasteiger partial charge in [-0.3, -0.25) is 0 Å². The van der Waals surface area contributed by atoms with E-state index in [1.54, 1.807) is 19.1 Å². The summed E-state index contributed by atoms with van der Waals surface area (Å²) >= 11 is 0. The Bertz CT molecular complexity index is 546. The van der Waals surface area contributed by atoms with Crippen LogP contribution in [0.5, 0.6) is 0 Å². The second kappa shape index (κ2) is 4.39. The van der Waals surface area contributed by atoms with E-state index in [1.807, 2.05) is 18.2 Å². The van der Waals surface area contributed by atoms with E-state index in [4.69, 9.17) is 5.11 Å². The predicted molar refractivity (Wildman–Crippen MR) is 61.2 cm³/mol. The molecule has 1 heterocycles. The Labute approximate surface area is 97.9 Å². The van der Waals surface area contributed by atoms with Crippen molar-refractivity contribution >= 4 is 5.97 Å². The van der Waals surface area contributed by atoms with Crippen molar-refractivity contribution in [3.63, 3.8) is 0 Å². The van der Waals surface area contributed by atoms with Crippen molar-refractivity contribution in [2.45, 2.75) is 13.5 Å². The molecule has 0 saturated carbocycles. The molecule has 0 aliphatic carbocycles. The Morgan fingerprint density at radius 2 is 2.00 bits per heavy atom. The van der Waals surface area contributed by atoms with Crippen molar-refractivity contribution in [3.8, 4) is 5.69 Å². The van der Waals surface area contributed by atoms with E-state index in [9.17, 15) is 9.90 Å². The van der Waals surface area contributed by atoms with Crippen LogP contribution < -0.4 is 0 Å². The molecular formula is C12H12N2O3. The van der Waals surface area contributed by atoms with Crippen molar-refractivity contribution in [1.82, 2.24) is 9.78 Å². The molecule has 0 radical (unpaired) electrons. The fourth-order valence-corrected chi connectivity index (χ4v) is 1.78. The van der Waals surface area contributed by atoms with Crippen molar-refractivity contribution in [3.05, 3.63) is 47.3 Å². The van der Waals surface area contributed by atoms with Crippen molar-refractivity contribution in [2.75, 3.05) is 0 Å². The average Bonchev–Trinajstić information content (AvgIpc) is 2.67. The summed E-state index contributed by atoms with van der Waals surface area (Å²) in [6.45, 7) is 1.25. The maximum Gasteiger partial charge on any atom is 0.339 e. The van der Waals surface area contributed by atoms with Gasteiger partial charge in [-0.2, -0.15) is 5.10 Å². The van der Waals surface area contributed by atoms with E-state index in [1.165, 1.54) is 4.68 Å². The average molecular weight is 232 g/mol. The number of hydrogen-bond donors (Lipinski definition) is 2. The zero-order chi connectivity index (χ0) is 12.4. The summed E-state index contributed by atoms with van der Waals surface area (Å²) in [6.07, 6.45) is 0. The lowest BCUT2D eigenvalue weighted by Gasteiger charge is -2.05. The van der Waals surface area contributed by atoms with E-state index in [-0.39, 0.29) is 12.2 Å². The molecule has 0 atom stereocenters. The van der Waals surface area contributed by atoms with E-state index in [0.29, 0.717) is 11.4 Å². The number of rotatable bonds is 3. The fourth-order valence-electron chi connectivity index (χ4n) is 1.78. The number of aliphatic hydroxyl groups excluding tert-OH is 1. The molecule has 2 aromatic rings. The number of aromatic carboxylic acids is 1. The molecule has 2 rings (SSSR count). The first kappa shape index (κ1) is 11.3. The molecule has 0 aliphatic heterocycles. The van der Waals surface area contributed by atoms with Gasteiger partial charge in [0.05, 0.1) is 23.7 Å². The smallest absolute Gasteiger partial charge is 0.339 e. The minimum absolute atomic E-state index is 0.0661. The lowest BCUT2D eigenvalue weighted by Crippen LogP contribution is -2.06. The molecule has 0 bridgehead atoms. The van der Waals surface area contributed by atoms with Crippen LogP contribution in [0.1, 0.15) is 21.7 Å². The second-order valence-electron chi connectivity index (χ2n) is 3.62. The SMILES string of the molecule is Cc1nn(-c2ccccc2)c(CO)c1C(=O)O. The topological polar surface area (TPSA) is 75.3 Å². The molecule has 0 spiro atoms. The van der Waals surface area contributed by atoms with Gasteiger partial charge in [0, 0.05) is 0 Å². The van der Waals surface area contributed by atoms with E-state index < -0.39 is 5.97 Å². The highest BCUT2D eigenvalue weighted by Gasteiger charge is 2.20. The summed E-state index contributed by atoms with van der Waals surface area (Å²) in [5.74, 6) is -1.08. The van der Waals surface area contributed by atoms with Gasteiger partial charge in [0.2, 0.25) is 0 Å². The van der Waals surface area contributed by atoms with Gasteiger partial charge in [-0.25, -0.2) is 9.48 Å². The van der Waals surface area contributed by atoms with Gasteiger partial charge in [0.25, 0.3) is 0 Å². The van der Waals surface area contributed by atoms with Crippen LogP contribution in [0.4, 0.5) is 0 Å². The van der Waals surface area contributed by atoms with Crippen LogP contribution >= 0.6 is 0 Å². The zero-order valence-corrected chi connectivity index (χ0v) is 9.29. The molecule has 0 saturated heterocycles. The third-order valence-electron chi connectivity index (χ3n) is 2.52. The first-order valence-corrected chi connectivity index (χ1v) is 5.13. The summed E-state index contributed by atoms with van der Waals surface area (Å²) in [5.41, 5.74) is 1.48. The van der Waals surface area contributed by atoms with Crippen molar-refractivity contribution < 1.29 is 15.0 Å². The van der Waals surface area contributed by atoms with Gasteiger partial charge < -0.3 is 10.2 Å². The number of carbonyl (C=O) groups is 1. The molecule has 0 fully saturated rings. The van der Waals surface area contributed by atoms with E-state index >= 15 is 0 Å². The van der Waals surface area contributed by atoms with Gasteiger partial charge in [-0.05, 0) is 19.1 Å². The largest absolute Gasteiger partial charge is 0.478 e. The molecule has 2 N–H and O–H groups in total. The van der Waals surface area contributed by atoms with Gasteiger partial charge in [0.1, 0.15) is 5.56 Å². The van der Waals surface area contributed by atoms with Gasteiger partial charge in [-0.1, -0.05) is 18.2 Å². The summed E-state index contributed by atoms with van der Waals surface area (Å²) < 4.78 is 1.46. The highest BCUT2D eigenvalue weighted by molar-refractivity contribution is 5.90. The number of aromatic nitrogens is 2. The second-order valence-corrected chi connectivity index (χ2v) is 3.62. The Morgan fingerprint density at radius 3 is 2.53 bits per heavy atom. The van der Waals surface area contributed by atoms with Crippen molar-refractivity contribution in [2.24, 2.45) is 0 Å². The van der Waals surface area contributed by atoms with E-state index in [2.05, 4.69) is 5.10 Å². The summed E-state index contributed by atoms with van der Waals surface area (Å²) in [7, 11) is 0. The third kappa shape index (κ3) is 1.92. The highest BCUT2D eigenvalue weighted by atomic mass is 16.4. The van der Waals surface area contributed by atoms with Gasteiger partial charge in [0.15, 0.2) is 0 Å². The number of nitrogens with zero attached hydrogens (tertiary/aromatic N) is 2. The molecular weight excluding hydrogens is 220 g/mol. The molecule has 0 unspecified atom stereocenters. The predicted octanol–water partition coefficient (Wildman–Crippen LogP) is 1.37. The zero-order valence-electron chi connectivity index (χ0n) is 9.29. The summed E-state index contributed by atoms with van der Waals surface area (Å²) in [5, 5.41) is 22.5. The van der Waals surface area contributed by atoms with Crippen LogP contribution in [0.25, 0.3) is 5.69 Å². The van der Waals surface area contributed by atoms with E-state index in [0.717, 1.165) is 5.69 Å². The number of benzene rings is 1. The van der Waals surface area contributed by atoms with Crippen LogP contribution in [0.3, 0.4) is 0 Å². The number of aliphatic hydroxyl groups is 1. The standard InChI is InChI=1S/C12H12N2O3/c1-8-11(12(16)17)10(7-15)14(13-8)9-5-3-2-4-6-9/h2-6,15H,7H2,1H3,(H,16,17). The Kier molecular flexibility index (Phi) is 2.93. The maximum atomic E-state index is 11.1. The van der Waals surface area contributed by atoms with Crippen LogP contribution in [0.15, 0.2) is 30.3 Å². The van der Waals surface area contributed by atoms with Crippen LogP contribution in [-0.2, 0) is 6.61 Å². The van der Waals surface area contributed by atoms with Crippen LogP contribution in [0, 0.1) is 6.92 Å². The van der Waals surface area contributed by atoms with Gasteiger partial charge >= 0.3 is 5.97 Å². The maximum absolute atomic E-state index is 11.1. The Balaban J connectivity index is 2.64. The minimum atomic E-state index is -1.08.